The van der Waals surface area contributed by atoms with E-state index < -0.39 is 10.1 Å². The van der Waals surface area contributed by atoms with Gasteiger partial charge in [0.25, 0.3) is 0 Å². The molecule has 0 aliphatic heterocycles. The summed E-state index contributed by atoms with van der Waals surface area (Å²) in [6.07, 6.45) is 0. The van der Waals surface area contributed by atoms with Gasteiger partial charge in [0.15, 0.2) is 0 Å². The summed E-state index contributed by atoms with van der Waals surface area (Å²) in [5.74, 6) is 0.546. The van der Waals surface area contributed by atoms with E-state index in [0.717, 1.165) is 22.1 Å². The van der Waals surface area contributed by atoms with Crippen molar-refractivity contribution in [3.63, 3.8) is 0 Å². The molecule has 0 atom stereocenters. The summed E-state index contributed by atoms with van der Waals surface area (Å²) in [6, 6.07) is 7.42. The number of benzene rings is 2. The van der Waals surface area contributed by atoms with Gasteiger partial charge in [-0.15, -0.1) is 0 Å². The van der Waals surface area contributed by atoms with Crippen LogP contribution in [0.15, 0.2) is 29.2 Å². The van der Waals surface area contributed by atoms with Crippen LogP contribution in [0.2, 0.25) is 0 Å². The maximum Gasteiger partial charge on any atom is 1.00 e. The molecule has 0 aliphatic carbocycles. The predicted octanol–water partition coefficient (Wildman–Crippen LogP) is 2.12. The minimum Gasteiger partial charge on any atom is -0.744 e. The Morgan fingerprint density at radius 2 is 1.42 bits per heavy atom. The summed E-state index contributed by atoms with van der Waals surface area (Å²) in [5, 5.41) is 1.50. The predicted molar refractivity (Wildman–Crippen MR) is 94.2 cm³/mol. The second-order valence-corrected chi connectivity index (χ2v) is 8.41. The summed E-state index contributed by atoms with van der Waals surface area (Å²) in [4.78, 5) is -0.0788. The van der Waals surface area contributed by atoms with Crippen molar-refractivity contribution < 1.29 is 42.5 Å². The number of hydrogen-bond acceptors (Lipinski definition) is 3. The first kappa shape index (κ1) is 21.7. The first-order valence-electron chi connectivity index (χ1n) is 8.11. The molecule has 126 valence electrons. The third kappa shape index (κ3) is 4.05. The first-order chi connectivity index (χ1) is 10.6. The smallest absolute Gasteiger partial charge is 0.744 e. The van der Waals surface area contributed by atoms with Gasteiger partial charge in [0.1, 0.15) is 10.1 Å². The van der Waals surface area contributed by atoms with E-state index in [9.17, 15) is 13.0 Å². The molecule has 5 heteroatoms. The van der Waals surface area contributed by atoms with Crippen molar-refractivity contribution in [1.82, 2.24) is 0 Å². The Balaban J connectivity index is 0.00000288. The Kier molecular flexibility index (Phi) is 7.11. The molecular formula is C19H25NaO3S. The molecule has 0 fully saturated rings. The zero-order chi connectivity index (χ0) is 17.5. The summed E-state index contributed by atoms with van der Waals surface area (Å²) in [5.41, 5.74) is 3.00. The molecule has 0 N–H and O–H groups in total. The standard InChI is InChI=1S/C19H26O3S.Na/c1-11(2)14-8-7-9-15-18(13(5)6)16(12(3)4)10-17(19(14)15)23(20,21)22;/h7-13H,1-6H3,(H,20,21,22);/q;+1/p-1. The van der Waals surface area contributed by atoms with Gasteiger partial charge in [0.2, 0.25) is 0 Å². The maximum atomic E-state index is 11.9. The fourth-order valence-electron chi connectivity index (χ4n) is 3.32. The monoisotopic (exact) mass is 356 g/mol. The Labute approximate surface area is 167 Å². The van der Waals surface area contributed by atoms with Gasteiger partial charge in [-0.25, -0.2) is 8.42 Å². The average molecular weight is 356 g/mol. The number of rotatable bonds is 4. The van der Waals surface area contributed by atoms with Gasteiger partial charge in [-0.2, -0.15) is 0 Å². The number of hydrogen-bond donors (Lipinski definition) is 0. The van der Waals surface area contributed by atoms with Gasteiger partial charge >= 0.3 is 29.6 Å². The molecule has 24 heavy (non-hydrogen) atoms. The fourth-order valence-corrected chi connectivity index (χ4v) is 4.07. The Morgan fingerprint density at radius 1 is 0.875 bits per heavy atom. The minimum atomic E-state index is -4.53. The summed E-state index contributed by atoms with van der Waals surface area (Å²) in [7, 11) is -4.53. The van der Waals surface area contributed by atoms with E-state index in [1.807, 2.05) is 45.9 Å². The van der Waals surface area contributed by atoms with Gasteiger partial charge in [0.05, 0.1) is 4.90 Å². The summed E-state index contributed by atoms with van der Waals surface area (Å²) in [6.45, 7) is 12.3. The number of fused-ring (bicyclic) bond motifs is 1. The second kappa shape index (κ2) is 7.88. The molecule has 0 radical (unpaired) electrons. The van der Waals surface area contributed by atoms with Crippen LogP contribution < -0.4 is 29.6 Å². The van der Waals surface area contributed by atoms with Crippen molar-refractivity contribution >= 4 is 20.9 Å². The van der Waals surface area contributed by atoms with Crippen LogP contribution in [0, 0.1) is 0 Å². The zero-order valence-electron chi connectivity index (χ0n) is 15.7. The van der Waals surface area contributed by atoms with E-state index in [1.165, 1.54) is 0 Å². The first-order valence-corrected chi connectivity index (χ1v) is 9.51. The Hall–Kier alpha value is -0.390. The van der Waals surface area contributed by atoms with Crippen molar-refractivity contribution in [2.45, 2.75) is 64.2 Å². The quantitative estimate of drug-likeness (QED) is 0.623. The van der Waals surface area contributed by atoms with Gasteiger partial charge in [-0.3, -0.25) is 0 Å². The van der Waals surface area contributed by atoms with E-state index in [-0.39, 0.29) is 52.2 Å². The summed E-state index contributed by atoms with van der Waals surface area (Å²) < 4.78 is 35.8. The van der Waals surface area contributed by atoms with Crippen LogP contribution >= 0.6 is 0 Å². The summed E-state index contributed by atoms with van der Waals surface area (Å²) >= 11 is 0. The normalized spacial score (nSPS) is 12.2. The van der Waals surface area contributed by atoms with Crippen LogP contribution in [-0.4, -0.2) is 13.0 Å². The molecule has 2 aromatic rings. The molecule has 0 amide bonds. The Morgan fingerprint density at radius 3 is 1.83 bits per heavy atom. The largest absolute Gasteiger partial charge is 1.00 e. The topological polar surface area (TPSA) is 57.2 Å². The molecule has 0 aliphatic rings. The molecular weight excluding hydrogens is 331 g/mol. The third-order valence-electron chi connectivity index (χ3n) is 4.32. The molecule has 0 heterocycles. The molecule has 2 rings (SSSR count). The van der Waals surface area contributed by atoms with Crippen LogP contribution in [0.1, 0.15) is 76.0 Å². The maximum absolute atomic E-state index is 11.9. The SMILES string of the molecule is CC(C)c1cc(S(=O)(=O)[O-])c2c(C(C)C)cccc2c1C(C)C.[Na+]. The van der Waals surface area contributed by atoms with E-state index >= 15 is 0 Å². The van der Waals surface area contributed by atoms with Crippen molar-refractivity contribution in [3.05, 3.63) is 41.0 Å². The van der Waals surface area contributed by atoms with Crippen LogP contribution in [-0.2, 0) is 10.1 Å². The molecule has 3 nitrogen and oxygen atoms in total. The molecule has 0 spiro atoms. The molecule has 2 aromatic carbocycles. The van der Waals surface area contributed by atoms with E-state index in [4.69, 9.17) is 0 Å². The zero-order valence-corrected chi connectivity index (χ0v) is 18.5. The second-order valence-electron chi connectivity index (χ2n) is 7.07. The van der Waals surface area contributed by atoms with Crippen LogP contribution in [0.25, 0.3) is 10.8 Å². The van der Waals surface area contributed by atoms with E-state index in [1.54, 1.807) is 6.07 Å². The van der Waals surface area contributed by atoms with Crippen molar-refractivity contribution in [1.29, 1.82) is 0 Å². The van der Waals surface area contributed by atoms with E-state index in [0.29, 0.717) is 5.39 Å². The van der Waals surface area contributed by atoms with E-state index in [2.05, 4.69) is 13.8 Å². The third-order valence-corrected chi connectivity index (χ3v) is 5.18. The molecule has 0 unspecified atom stereocenters. The minimum absolute atomic E-state index is 0. The van der Waals surface area contributed by atoms with Crippen molar-refractivity contribution in [2.75, 3.05) is 0 Å². The Bertz CT molecular complexity index is 837. The molecule has 0 bridgehead atoms. The van der Waals surface area contributed by atoms with Crippen LogP contribution in [0.4, 0.5) is 0 Å². The molecule has 0 saturated carbocycles. The van der Waals surface area contributed by atoms with Crippen LogP contribution in [0.5, 0.6) is 0 Å². The van der Waals surface area contributed by atoms with Crippen molar-refractivity contribution in [2.24, 2.45) is 0 Å². The fraction of sp³-hybridized carbons (Fsp3) is 0.474. The average Bonchev–Trinajstić information content (AvgIpc) is 2.42. The van der Waals surface area contributed by atoms with Crippen LogP contribution in [0.3, 0.4) is 0 Å². The molecule has 0 saturated heterocycles. The van der Waals surface area contributed by atoms with Gasteiger partial charge in [-0.1, -0.05) is 59.7 Å². The van der Waals surface area contributed by atoms with Crippen molar-refractivity contribution in [3.8, 4) is 0 Å². The van der Waals surface area contributed by atoms with Gasteiger partial charge in [-0.05, 0) is 45.9 Å². The molecule has 0 aromatic heterocycles. The van der Waals surface area contributed by atoms with Gasteiger partial charge < -0.3 is 4.55 Å². The van der Waals surface area contributed by atoms with Gasteiger partial charge in [0, 0.05) is 5.39 Å².